The van der Waals surface area contributed by atoms with Gasteiger partial charge in [0.1, 0.15) is 0 Å². The van der Waals surface area contributed by atoms with E-state index < -0.39 is 12.1 Å². The summed E-state index contributed by atoms with van der Waals surface area (Å²) in [6, 6.07) is -0.630. The molecule has 86 heavy (non-hydrogen) atoms. The summed E-state index contributed by atoms with van der Waals surface area (Å²) in [5, 5.41) is 23.3. The Balaban J connectivity index is 3.40. The maximum Gasteiger partial charge on any atom is 0.305 e. The van der Waals surface area contributed by atoms with Crippen LogP contribution in [0.1, 0.15) is 438 Å². The van der Waals surface area contributed by atoms with E-state index in [0.29, 0.717) is 19.4 Å². The third-order valence-corrected chi connectivity index (χ3v) is 18.4. The highest BCUT2D eigenvalue weighted by Crippen LogP contribution is 2.19. The first-order chi connectivity index (χ1) is 42.5. The molecule has 0 saturated heterocycles. The summed E-state index contributed by atoms with van der Waals surface area (Å²) in [6.45, 7) is 4.95. The van der Waals surface area contributed by atoms with Crippen LogP contribution in [0.2, 0.25) is 0 Å². The largest absolute Gasteiger partial charge is 0.466 e. The lowest BCUT2D eigenvalue weighted by Gasteiger charge is -2.20. The molecule has 6 nitrogen and oxygen atoms in total. The summed E-state index contributed by atoms with van der Waals surface area (Å²) >= 11 is 0. The number of allylic oxidation sites excluding steroid dienone is 5. The number of rotatable bonds is 74. The number of ether oxygens (including phenoxy) is 1. The maximum absolute atomic E-state index is 12.5. The normalized spacial score (nSPS) is 12.7. The number of hydrogen-bond donors (Lipinski definition) is 3. The maximum atomic E-state index is 12.5. The van der Waals surface area contributed by atoms with E-state index in [0.717, 1.165) is 38.5 Å². The second kappa shape index (κ2) is 75.5. The predicted molar refractivity (Wildman–Crippen MR) is 379 cm³/mol. The standard InChI is InChI=1S/C80H153NO5/c1-3-5-7-9-11-13-15-17-19-21-23-24-30-33-37-40-44-48-52-56-60-64-68-72-78(83)77(76-82)81-79(84)73-69-65-61-57-53-49-45-41-38-34-31-28-26-25-27-29-32-35-39-43-47-51-55-59-63-67-71-75-86-80(85)74-70-66-62-58-54-50-46-42-36-22-20-18-16-14-12-10-8-6-4-2/h18,20,25-26,68,72,77-78,82-83H,3-17,19,21-24,27-67,69-71,73-76H2,1-2H3,(H,81,84)/b20-18-,26-25-,72-68+. The fourth-order valence-electron chi connectivity index (χ4n) is 12.4. The molecular weight excluding hydrogens is 1050 g/mol. The Kier molecular flexibility index (Phi) is 73.9. The average molecular weight is 1210 g/mol. The Bertz CT molecular complexity index is 1390. The topological polar surface area (TPSA) is 95.9 Å². The van der Waals surface area contributed by atoms with Crippen molar-refractivity contribution in [2.45, 2.75) is 450 Å². The van der Waals surface area contributed by atoms with E-state index >= 15 is 0 Å². The van der Waals surface area contributed by atoms with Crippen molar-refractivity contribution in [3.05, 3.63) is 36.5 Å². The molecule has 0 rings (SSSR count). The molecule has 0 aliphatic heterocycles. The second-order valence-electron chi connectivity index (χ2n) is 27.0. The van der Waals surface area contributed by atoms with E-state index in [1.165, 1.54) is 372 Å². The van der Waals surface area contributed by atoms with Gasteiger partial charge >= 0.3 is 5.97 Å². The summed E-state index contributed by atoms with van der Waals surface area (Å²) < 4.78 is 5.51. The van der Waals surface area contributed by atoms with Gasteiger partial charge in [-0.05, 0) is 83.5 Å². The van der Waals surface area contributed by atoms with Crippen LogP contribution in [-0.4, -0.2) is 47.4 Å². The molecule has 0 aliphatic carbocycles. The zero-order valence-electron chi connectivity index (χ0n) is 58.3. The van der Waals surface area contributed by atoms with E-state index in [-0.39, 0.29) is 18.5 Å². The Hall–Kier alpha value is -1.92. The second-order valence-corrected chi connectivity index (χ2v) is 27.0. The summed E-state index contributed by atoms with van der Waals surface area (Å²) in [5.74, 6) is -0.0491. The summed E-state index contributed by atoms with van der Waals surface area (Å²) in [5.41, 5.74) is 0. The SMILES string of the molecule is CCCCCCCC/C=C\CCCCCCCCCCCC(=O)OCCCCCCCCCCCCCC/C=C\CCCCCCCCCCCCCC(=O)NC(CO)C(O)/C=C/CCCCCCCCCCCCCCCCCCCCCCC. The van der Waals surface area contributed by atoms with Crippen LogP contribution in [0.4, 0.5) is 0 Å². The van der Waals surface area contributed by atoms with Gasteiger partial charge in [0.05, 0.1) is 25.4 Å². The highest BCUT2D eigenvalue weighted by molar-refractivity contribution is 5.76. The zero-order chi connectivity index (χ0) is 62.0. The molecule has 0 bridgehead atoms. The Labute approximate surface area is 538 Å². The van der Waals surface area contributed by atoms with Gasteiger partial charge in [-0.3, -0.25) is 9.59 Å². The molecule has 1 amide bonds. The first-order valence-electron chi connectivity index (χ1n) is 39.3. The number of hydrogen-bond acceptors (Lipinski definition) is 5. The molecule has 0 aromatic heterocycles. The quantitative estimate of drug-likeness (QED) is 0.0320. The number of esters is 1. The van der Waals surface area contributed by atoms with Crippen molar-refractivity contribution in [1.82, 2.24) is 5.32 Å². The number of aliphatic hydroxyl groups excluding tert-OH is 2. The number of carbonyl (C=O) groups excluding carboxylic acids is 2. The zero-order valence-corrected chi connectivity index (χ0v) is 58.3. The molecule has 3 N–H and O–H groups in total. The minimum Gasteiger partial charge on any atom is -0.466 e. The number of amides is 1. The first kappa shape index (κ1) is 84.1. The molecule has 0 aromatic carbocycles. The van der Waals surface area contributed by atoms with Gasteiger partial charge in [0.15, 0.2) is 0 Å². The smallest absolute Gasteiger partial charge is 0.305 e. The van der Waals surface area contributed by atoms with Crippen LogP contribution in [0, 0.1) is 0 Å². The fraction of sp³-hybridized carbons (Fsp3) is 0.900. The number of aliphatic hydroxyl groups is 2. The molecule has 0 heterocycles. The van der Waals surface area contributed by atoms with Crippen molar-refractivity contribution >= 4 is 11.9 Å². The van der Waals surface area contributed by atoms with E-state index in [9.17, 15) is 19.8 Å². The van der Waals surface area contributed by atoms with Crippen molar-refractivity contribution in [1.29, 1.82) is 0 Å². The molecular formula is C80H153NO5. The molecule has 0 radical (unpaired) electrons. The van der Waals surface area contributed by atoms with Gasteiger partial charge in [-0.25, -0.2) is 0 Å². The molecule has 2 atom stereocenters. The average Bonchev–Trinajstić information content (AvgIpc) is 3.53. The van der Waals surface area contributed by atoms with Crippen LogP contribution >= 0.6 is 0 Å². The third-order valence-electron chi connectivity index (χ3n) is 18.4. The highest BCUT2D eigenvalue weighted by atomic mass is 16.5. The van der Waals surface area contributed by atoms with Crippen LogP contribution in [-0.2, 0) is 14.3 Å². The van der Waals surface area contributed by atoms with Crippen LogP contribution < -0.4 is 5.32 Å². The molecule has 0 spiro atoms. The van der Waals surface area contributed by atoms with E-state index in [1.807, 2.05) is 6.08 Å². The van der Waals surface area contributed by atoms with Gasteiger partial charge in [-0.15, -0.1) is 0 Å². The van der Waals surface area contributed by atoms with Crippen molar-refractivity contribution in [3.8, 4) is 0 Å². The molecule has 6 heteroatoms. The molecule has 2 unspecified atom stereocenters. The van der Waals surface area contributed by atoms with Crippen LogP contribution in [0.5, 0.6) is 0 Å². The molecule has 0 aliphatic rings. The Morgan fingerprint density at radius 3 is 0.826 bits per heavy atom. The van der Waals surface area contributed by atoms with Crippen molar-refractivity contribution in [3.63, 3.8) is 0 Å². The molecule has 0 saturated carbocycles. The van der Waals surface area contributed by atoms with Crippen molar-refractivity contribution in [2.75, 3.05) is 13.2 Å². The van der Waals surface area contributed by atoms with Crippen LogP contribution in [0.3, 0.4) is 0 Å². The van der Waals surface area contributed by atoms with Gasteiger partial charge in [0.2, 0.25) is 5.91 Å². The van der Waals surface area contributed by atoms with Gasteiger partial charge in [0, 0.05) is 12.8 Å². The minimum atomic E-state index is -0.847. The lowest BCUT2D eigenvalue weighted by molar-refractivity contribution is -0.143. The highest BCUT2D eigenvalue weighted by Gasteiger charge is 2.18. The van der Waals surface area contributed by atoms with E-state index in [4.69, 9.17) is 4.74 Å². The first-order valence-corrected chi connectivity index (χ1v) is 39.3. The Morgan fingerprint density at radius 1 is 0.314 bits per heavy atom. The predicted octanol–water partition coefficient (Wildman–Crippen LogP) is 25.8. The van der Waals surface area contributed by atoms with E-state index in [2.05, 4.69) is 43.5 Å². The van der Waals surface area contributed by atoms with Gasteiger partial charge in [-0.2, -0.15) is 0 Å². The fourth-order valence-corrected chi connectivity index (χ4v) is 12.4. The monoisotopic (exact) mass is 1210 g/mol. The van der Waals surface area contributed by atoms with E-state index in [1.54, 1.807) is 6.08 Å². The van der Waals surface area contributed by atoms with Gasteiger partial charge < -0.3 is 20.3 Å². The molecule has 508 valence electrons. The van der Waals surface area contributed by atoms with Crippen LogP contribution in [0.15, 0.2) is 36.5 Å². The van der Waals surface area contributed by atoms with Crippen LogP contribution in [0.25, 0.3) is 0 Å². The summed E-state index contributed by atoms with van der Waals surface area (Å²) in [6.07, 6.45) is 98.3. The summed E-state index contributed by atoms with van der Waals surface area (Å²) in [4.78, 5) is 24.7. The number of unbranched alkanes of at least 4 members (excludes halogenated alkanes) is 59. The van der Waals surface area contributed by atoms with Crippen molar-refractivity contribution in [2.24, 2.45) is 0 Å². The van der Waals surface area contributed by atoms with Gasteiger partial charge in [-0.1, -0.05) is 378 Å². The number of nitrogens with one attached hydrogen (secondary N) is 1. The lowest BCUT2D eigenvalue weighted by atomic mass is 10.0. The molecule has 0 fully saturated rings. The minimum absolute atomic E-state index is 0.0152. The Morgan fingerprint density at radius 2 is 0.547 bits per heavy atom. The third kappa shape index (κ3) is 71.2. The van der Waals surface area contributed by atoms with Crippen molar-refractivity contribution < 1.29 is 24.5 Å². The number of carbonyl (C=O) groups is 2. The molecule has 0 aromatic rings. The lowest BCUT2D eigenvalue weighted by Crippen LogP contribution is -2.45. The summed E-state index contributed by atoms with van der Waals surface area (Å²) in [7, 11) is 0. The van der Waals surface area contributed by atoms with Gasteiger partial charge in [0.25, 0.3) is 0 Å².